The van der Waals surface area contributed by atoms with Gasteiger partial charge >= 0.3 is 0 Å². The third-order valence-electron chi connectivity index (χ3n) is 6.93. The molecule has 0 spiro atoms. The van der Waals surface area contributed by atoms with E-state index in [2.05, 4.69) is 15.5 Å². The first-order valence-electron chi connectivity index (χ1n) is 15.4. The molecule has 3 amide bonds. The lowest BCUT2D eigenvalue weighted by Crippen LogP contribution is -2.29. The van der Waals surface area contributed by atoms with E-state index in [4.69, 9.17) is 23.2 Å². The van der Waals surface area contributed by atoms with Gasteiger partial charge in [0.05, 0.1) is 28.3 Å². The van der Waals surface area contributed by atoms with Crippen molar-refractivity contribution in [2.45, 2.75) is 48.5 Å². The molecule has 49 heavy (non-hydrogen) atoms. The van der Waals surface area contributed by atoms with Crippen molar-refractivity contribution >= 4 is 58.1 Å². The van der Waals surface area contributed by atoms with Crippen molar-refractivity contribution in [1.29, 1.82) is 0 Å². The Morgan fingerprint density at radius 1 is 0.673 bits per heavy atom. The molecule has 10 heteroatoms. The Kier molecular flexibility index (Phi) is 18.6. The van der Waals surface area contributed by atoms with Crippen molar-refractivity contribution in [3.63, 3.8) is 0 Å². The Hall–Kier alpha value is -4.50. The van der Waals surface area contributed by atoms with Crippen LogP contribution < -0.4 is 10.6 Å². The molecule has 4 rings (SSSR count). The maximum Gasteiger partial charge on any atom is 0.257 e. The monoisotopic (exact) mass is 707 g/mol. The molecule has 0 heterocycles. The summed E-state index contributed by atoms with van der Waals surface area (Å²) in [5, 5.41) is 7.67. The predicted octanol–water partition coefficient (Wildman–Crippen LogP) is 9.56. The molecule has 4 aromatic carbocycles. The predicted molar refractivity (Wildman–Crippen MR) is 201 cm³/mol. The van der Waals surface area contributed by atoms with E-state index in [9.17, 15) is 19.2 Å². The highest BCUT2D eigenvalue weighted by Crippen LogP contribution is 2.24. The summed E-state index contributed by atoms with van der Waals surface area (Å²) in [6.07, 6.45) is 0.204. The molecular weight excluding hydrogens is 661 g/mol. The molecule has 0 aromatic heterocycles. The standard InChI is InChI=1S/C18H18ClNO2.C14H12ClNO.C6H13NO2.CH4/c1-12(2)16(21)11-13-7-6-10-15(19)17(13)18(22)20-14-8-4-3-5-9-14;1-10-6-5-9-12(15)13(10)14(17)16-11-7-3-2-4-8-11;1-5(2)6(8)7(3)9-4;/h3-10,12H,11H2,1-2H3,(H,20,22);2-9H,1H3,(H,16,17);5H,1-4H3;1H4. The first-order valence-corrected chi connectivity index (χ1v) is 16.1. The molecule has 0 saturated carbocycles. The van der Waals surface area contributed by atoms with Gasteiger partial charge in [0, 0.05) is 36.7 Å². The van der Waals surface area contributed by atoms with Gasteiger partial charge in [-0.1, -0.05) is 119 Å². The van der Waals surface area contributed by atoms with Crippen LogP contribution in [0, 0.1) is 18.8 Å². The molecule has 2 N–H and O–H groups in total. The summed E-state index contributed by atoms with van der Waals surface area (Å²) in [6.45, 7) is 9.22. The number of hydroxylamine groups is 2. The van der Waals surface area contributed by atoms with Gasteiger partial charge in [-0.2, -0.15) is 0 Å². The zero-order valence-corrected chi connectivity index (χ0v) is 29.9. The summed E-state index contributed by atoms with van der Waals surface area (Å²) in [4.78, 5) is 52.1. The summed E-state index contributed by atoms with van der Waals surface area (Å²) in [7, 11) is 3.07. The topological polar surface area (TPSA) is 105 Å². The maximum atomic E-state index is 12.5. The molecule has 0 aliphatic heterocycles. The quantitative estimate of drug-likeness (QED) is 0.169. The molecule has 262 valence electrons. The average Bonchev–Trinajstić information content (AvgIpc) is 3.05. The van der Waals surface area contributed by atoms with Gasteiger partial charge in [-0.05, 0) is 54.4 Å². The van der Waals surface area contributed by atoms with Gasteiger partial charge in [-0.25, -0.2) is 5.06 Å². The van der Waals surface area contributed by atoms with Crippen LogP contribution in [0.3, 0.4) is 0 Å². The number of Topliss-reactive ketones (excluding diaryl/α,β-unsaturated/α-hetero) is 1. The fraction of sp³-hybridized carbons (Fsp3) is 0.282. The lowest BCUT2D eigenvalue weighted by atomic mass is 9.97. The van der Waals surface area contributed by atoms with Crippen molar-refractivity contribution in [2.24, 2.45) is 11.8 Å². The van der Waals surface area contributed by atoms with E-state index in [-0.39, 0.29) is 49.2 Å². The molecule has 8 nitrogen and oxygen atoms in total. The molecule has 4 aromatic rings. The average molecular weight is 709 g/mol. The van der Waals surface area contributed by atoms with Gasteiger partial charge in [0.2, 0.25) is 5.91 Å². The first kappa shape index (κ1) is 42.5. The molecule has 0 aliphatic carbocycles. The fourth-order valence-electron chi connectivity index (χ4n) is 4.17. The Labute approximate surface area is 300 Å². The second kappa shape index (κ2) is 21.5. The van der Waals surface area contributed by atoms with E-state index >= 15 is 0 Å². The highest BCUT2D eigenvalue weighted by atomic mass is 35.5. The van der Waals surface area contributed by atoms with Crippen LogP contribution >= 0.6 is 23.2 Å². The molecular formula is C39H47Cl2N3O5. The highest BCUT2D eigenvalue weighted by Gasteiger charge is 2.19. The third-order valence-corrected chi connectivity index (χ3v) is 7.56. The van der Waals surface area contributed by atoms with E-state index in [1.807, 2.05) is 95.3 Å². The second-order valence-electron chi connectivity index (χ2n) is 11.3. The van der Waals surface area contributed by atoms with Crippen LogP contribution in [0.5, 0.6) is 0 Å². The van der Waals surface area contributed by atoms with Crippen LogP contribution in [0.1, 0.15) is 67.0 Å². The number of benzene rings is 4. The van der Waals surface area contributed by atoms with Gasteiger partial charge in [0.15, 0.2) is 0 Å². The summed E-state index contributed by atoms with van der Waals surface area (Å²) in [5.41, 5.74) is 3.86. The minimum absolute atomic E-state index is 0. The van der Waals surface area contributed by atoms with Gasteiger partial charge in [-0.15, -0.1) is 0 Å². The number of hydrogen-bond donors (Lipinski definition) is 2. The number of halogens is 2. The number of hydrogen-bond acceptors (Lipinski definition) is 5. The Morgan fingerprint density at radius 3 is 1.53 bits per heavy atom. The number of aryl methyl sites for hydroxylation is 1. The Balaban J connectivity index is 0.000000396. The van der Waals surface area contributed by atoms with Crippen molar-refractivity contribution in [2.75, 3.05) is 24.8 Å². The molecule has 0 bridgehead atoms. The Morgan fingerprint density at radius 2 is 1.12 bits per heavy atom. The maximum absolute atomic E-state index is 12.5. The molecule has 0 saturated heterocycles. The molecule has 0 aliphatic rings. The number of anilines is 2. The minimum Gasteiger partial charge on any atom is -0.322 e. The second-order valence-corrected chi connectivity index (χ2v) is 12.1. The largest absolute Gasteiger partial charge is 0.322 e. The van der Waals surface area contributed by atoms with Gasteiger partial charge in [-0.3, -0.25) is 24.0 Å². The van der Waals surface area contributed by atoms with Crippen LogP contribution in [0.25, 0.3) is 0 Å². The van der Waals surface area contributed by atoms with Crippen LogP contribution in [-0.2, 0) is 20.8 Å². The molecule has 0 unspecified atom stereocenters. The molecule has 0 fully saturated rings. The van der Waals surface area contributed by atoms with Crippen molar-refractivity contribution in [1.82, 2.24) is 5.06 Å². The summed E-state index contributed by atoms with van der Waals surface area (Å²) >= 11 is 12.2. The number of nitrogens with zero attached hydrogens (tertiary/aromatic N) is 1. The zero-order chi connectivity index (χ0) is 35.8. The molecule has 0 atom stereocenters. The number of nitrogens with one attached hydrogen (secondary N) is 2. The van der Waals surface area contributed by atoms with Crippen LogP contribution in [0.4, 0.5) is 11.4 Å². The number of amides is 3. The van der Waals surface area contributed by atoms with E-state index < -0.39 is 0 Å². The summed E-state index contributed by atoms with van der Waals surface area (Å²) in [5.74, 6) is -0.477. The van der Waals surface area contributed by atoms with Gasteiger partial charge in [0.25, 0.3) is 11.8 Å². The Bertz CT molecular complexity index is 1640. The van der Waals surface area contributed by atoms with E-state index in [1.54, 1.807) is 43.4 Å². The van der Waals surface area contributed by atoms with Gasteiger partial charge < -0.3 is 10.6 Å². The number of ketones is 1. The number of para-hydroxylation sites is 2. The number of rotatable bonds is 9. The summed E-state index contributed by atoms with van der Waals surface area (Å²) < 4.78 is 0. The number of carbonyl (C=O) groups is 4. The lowest BCUT2D eigenvalue weighted by Gasteiger charge is -2.15. The first-order chi connectivity index (χ1) is 22.8. The van der Waals surface area contributed by atoms with Crippen LogP contribution in [0.2, 0.25) is 10.0 Å². The van der Waals surface area contributed by atoms with E-state index in [0.717, 1.165) is 11.3 Å². The minimum atomic E-state index is -0.302. The lowest BCUT2D eigenvalue weighted by molar-refractivity contribution is -0.172. The molecule has 0 radical (unpaired) electrons. The van der Waals surface area contributed by atoms with Crippen molar-refractivity contribution < 1.29 is 24.0 Å². The normalized spacial score (nSPS) is 10.0. The fourth-order valence-corrected chi connectivity index (χ4v) is 4.75. The number of carbonyl (C=O) groups excluding carboxylic acids is 4. The van der Waals surface area contributed by atoms with E-state index in [0.29, 0.717) is 32.4 Å². The van der Waals surface area contributed by atoms with Crippen molar-refractivity contribution in [3.05, 3.63) is 129 Å². The van der Waals surface area contributed by atoms with Crippen molar-refractivity contribution in [3.8, 4) is 0 Å². The summed E-state index contributed by atoms with van der Waals surface area (Å²) in [6, 6.07) is 29.1. The smallest absolute Gasteiger partial charge is 0.257 e. The van der Waals surface area contributed by atoms with Gasteiger partial charge in [0.1, 0.15) is 5.78 Å². The SMILES string of the molecule is C.CC(C)C(=O)Cc1cccc(Cl)c1C(=O)Nc1ccccc1.CON(C)C(=O)C(C)C.Cc1cccc(Cl)c1C(=O)Nc1ccccc1. The third kappa shape index (κ3) is 13.9. The highest BCUT2D eigenvalue weighted by molar-refractivity contribution is 6.35. The van der Waals surface area contributed by atoms with E-state index in [1.165, 1.54) is 12.2 Å². The zero-order valence-electron chi connectivity index (χ0n) is 28.3. The van der Waals surface area contributed by atoms with Crippen LogP contribution in [0.15, 0.2) is 97.1 Å². The van der Waals surface area contributed by atoms with Crippen LogP contribution in [-0.4, -0.2) is 42.7 Å².